The van der Waals surface area contributed by atoms with Gasteiger partial charge in [-0.15, -0.1) is 0 Å². The van der Waals surface area contributed by atoms with E-state index in [1.807, 2.05) is 18.2 Å². The number of hydrogen-bond donors (Lipinski definition) is 0. The number of benzene rings is 2. The zero-order valence-corrected chi connectivity index (χ0v) is 18.0. The summed E-state index contributed by atoms with van der Waals surface area (Å²) in [6.07, 6.45) is 0.725. The Hall–Kier alpha value is -2.24. The van der Waals surface area contributed by atoms with E-state index in [1.165, 1.54) is 5.56 Å². The van der Waals surface area contributed by atoms with Crippen LogP contribution >= 0.6 is 0 Å². The van der Waals surface area contributed by atoms with Gasteiger partial charge in [-0.3, -0.25) is 4.90 Å². The fraction of sp³-hybridized carbons (Fsp3) is 0.500. The third-order valence-corrected chi connectivity index (χ3v) is 5.42. The van der Waals surface area contributed by atoms with Crippen molar-refractivity contribution in [2.24, 2.45) is 0 Å². The van der Waals surface area contributed by atoms with Crippen LogP contribution < -0.4 is 14.2 Å². The van der Waals surface area contributed by atoms with E-state index in [-0.39, 0.29) is 6.10 Å². The summed E-state index contributed by atoms with van der Waals surface area (Å²) in [4.78, 5) is 2.42. The van der Waals surface area contributed by atoms with Crippen LogP contribution in [0.25, 0.3) is 0 Å². The van der Waals surface area contributed by atoms with Crippen LogP contribution in [-0.2, 0) is 4.74 Å². The third kappa shape index (κ3) is 5.87. The lowest BCUT2D eigenvalue weighted by molar-refractivity contribution is 0.0316. The maximum absolute atomic E-state index is 6.47. The quantitative estimate of drug-likeness (QED) is 0.613. The molecule has 0 aromatic heterocycles. The zero-order chi connectivity index (χ0) is 20.6. The maximum Gasteiger partial charge on any atom is 0.129 e. The molecule has 5 heteroatoms. The number of hydrogen-bond acceptors (Lipinski definition) is 5. The van der Waals surface area contributed by atoms with Crippen LogP contribution in [0, 0.1) is 0 Å². The molecule has 0 aliphatic carbocycles. The Bertz CT molecular complexity index is 754. The standard InChI is InChI=1S/C24H33NO4/c1-18(2)19-5-7-20(8-6-19)29-24(11-12-25-13-15-28-16-14-25)22-17-21(26-3)9-10-23(22)27-4/h5-10,17-18,24H,11-16H2,1-4H3. The molecule has 0 bridgehead atoms. The van der Waals surface area contributed by atoms with E-state index in [1.54, 1.807) is 14.2 Å². The number of ether oxygens (including phenoxy) is 4. The van der Waals surface area contributed by atoms with Gasteiger partial charge in [0.25, 0.3) is 0 Å². The zero-order valence-electron chi connectivity index (χ0n) is 18.0. The summed E-state index contributed by atoms with van der Waals surface area (Å²) in [5.74, 6) is 2.98. The molecule has 1 unspecified atom stereocenters. The number of methoxy groups -OCH3 is 2. The van der Waals surface area contributed by atoms with Gasteiger partial charge in [0.05, 0.1) is 27.4 Å². The lowest BCUT2D eigenvalue weighted by atomic mass is 10.0. The van der Waals surface area contributed by atoms with E-state index in [2.05, 4.69) is 43.0 Å². The minimum Gasteiger partial charge on any atom is -0.497 e. The summed E-state index contributed by atoms with van der Waals surface area (Å²) in [6, 6.07) is 14.3. The summed E-state index contributed by atoms with van der Waals surface area (Å²) in [6.45, 7) is 8.86. The topological polar surface area (TPSA) is 40.2 Å². The van der Waals surface area contributed by atoms with Crippen LogP contribution in [-0.4, -0.2) is 52.0 Å². The number of rotatable bonds is 9. The Morgan fingerprint density at radius 1 is 0.931 bits per heavy atom. The number of morpholine rings is 1. The molecule has 2 aromatic rings. The molecular weight excluding hydrogens is 366 g/mol. The molecule has 0 spiro atoms. The smallest absolute Gasteiger partial charge is 0.129 e. The molecule has 0 N–H and O–H groups in total. The first-order valence-corrected chi connectivity index (χ1v) is 10.4. The van der Waals surface area contributed by atoms with Gasteiger partial charge < -0.3 is 18.9 Å². The van der Waals surface area contributed by atoms with Crippen molar-refractivity contribution < 1.29 is 18.9 Å². The van der Waals surface area contributed by atoms with Gasteiger partial charge in [-0.2, -0.15) is 0 Å². The predicted octanol–water partition coefficient (Wildman–Crippen LogP) is 4.67. The normalized spacial score (nSPS) is 15.9. The second-order valence-corrected chi connectivity index (χ2v) is 7.68. The van der Waals surface area contributed by atoms with E-state index < -0.39 is 0 Å². The van der Waals surface area contributed by atoms with Crippen LogP contribution in [0.2, 0.25) is 0 Å². The highest BCUT2D eigenvalue weighted by molar-refractivity contribution is 5.42. The first kappa shape index (κ1) is 21.5. The molecule has 29 heavy (non-hydrogen) atoms. The average Bonchev–Trinajstić information content (AvgIpc) is 2.77. The van der Waals surface area contributed by atoms with Crippen molar-refractivity contribution in [2.75, 3.05) is 47.1 Å². The fourth-order valence-corrected chi connectivity index (χ4v) is 3.59. The van der Waals surface area contributed by atoms with E-state index in [0.717, 1.165) is 62.1 Å². The summed E-state index contributed by atoms with van der Waals surface area (Å²) < 4.78 is 23.0. The molecular formula is C24H33NO4. The Morgan fingerprint density at radius 2 is 1.62 bits per heavy atom. The molecule has 2 aromatic carbocycles. The lowest BCUT2D eigenvalue weighted by Gasteiger charge is -2.29. The minimum atomic E-state index is -0.132. The van der Waals surface area contributed by atoms with Crippen LogP contribution in [0.15, 0.2) is 42.5 Å². The van der Waals surface area contributed by atoms with Crippen molar-refractivity contribution in [1.29, 1.82) is 0 Å². The first-order chi connectivity index (χ1) is 14.1. The summed E-state index contributed by atoms with van der Waals surface area (Å²) in [5, 5.41) is 0. The van der Waals surface area contributed by atoms with E-state index in [9.17, 15) is 0 Å². The lowest BCUT2D eigenvalue weighted by Crippen LogP contribution is -2.37. The Labute approximate surface area is 174 Å². The van der Waals surface area contributed by atoms with Gasteiger partial charge in [0, 0.05) is 31.6 Å². The molecule has 5 nitrogen and oxygen atoms in total. The molecule has 1 saturated heterocycles. The highest BCUT2D eigenvalue weighted by Gasteiger charge is 2.21. The van der Waals surface area contributed by atoms with Gasteiger partial charge in [0.2, 0.25) is 0 Å². The van der Waals surface area contributed by atoms with Crippen molar-refractivity contribution in [2.45, 2.75) is 32.3 Å². The molecule has 0 saturated carbocycles. The van der Waals surface area contributed by atoms with Crippen LogP contribution in [0.3, 0.4) is 0 Å². The van der Waals surface area contributed by atoms with E-state index in [0.29, 0.717) is 5.92 Å². The summed E-state index contributed by atoms with van der Waals surface area (Å²) in [5.41, 5.74) is 2.31. The maximum atomic E-state index is 6.47. The summed E-state index contributed by atoms with van der Waals surface area (Å²) >= 11 is 0. The van der Waals surface area contributed by atoms with Gasteiger partial charge in [-0.25, -0.2) is 0 Å². The summed E-state index contributed by atoms with van der Waals surface area (Å²) in [7, 11) is 3.38. The molecule has 1 aliphatic heterocycles. The number of nitrogens with zero attached hydrogens (tertiary/aromatic N) is 1. The SMILES string of the molecule is COc1ccc(OC)c(C(CCN2CCOCC2)Oc2ccc(C(C)C)cc2)c1. The Morgan fingerprint density at radius 3 is 2.24 bits per heavy atom. The average molecular weight is 400 g/mol. The van der Waals surface area contributed by atoms with E-state index in [4.69, 9.17) is 18.9 Å². The van der Waals surface area contributed by atoms with Crippen LogP contribution in [0.4, 0.5) is 0 Å². The molecule has 158 valence electrons. The third-order valence-electron chi connectivity index (χ3n) is 5.42. The van der Waals surface area contributed by atoms with Crippen molar-refractivity contribution in [3.8, 4) is 17.2 Å². The van der Waals surface area contributed by atoms with Gasteiger partial charge in [0.15, 0.2) is 0 Å². The molecule has 1 heterocycles. The molecule has 0 amide bonds. The first-order valence-electron chi connectivity index (χ1n) is 10.4. The molecule has 0 radical (unpaired) electrons. The monoisotopic (exact) mass is 399 g/mol. The van der Waals surface area contributed by atoms with Crippen molar-refractivity contribution >= 4 is 0 Å². The fourth-order valence-electron chi connectivity index (χ4n) is 3.59. The predicted molar refractivity (Wildman–Crippen MR) is 115 cm³/mol. The van der Waals surface area contributed by atoms with Crippen molar-refractivity contribution in [3.05, 3.63) is 53.6 Å². The minimum absolute atomic E-state index is 0.132. The highest BCUT2D eigenvalue weighted by atomic mass is 16.5. The van der Waals surface area contributed by atoms with E-state index >= 15 is 0 Å². The molecule has 1 aliphatic rings. The van der Waals surface area contributed by atoms with Crippen molar-refractivity contribution in [3.63, 3.8) is 0 Å². The van der Waals surface area contributed by atoms with Gasteiger partial charge in [0.1, 0.15) is 23.4 Å². The molecule has 3 rings (SSSR count). The Kier molecular flexibility index (Phi) is 7.78. The largest absolute Gasteiger partial charge is 0.497 e. The molecule has 1 atom stereocenters. The Balaban J connectivity index is 1.82. The van der Waals surface area contributed by atoms with Crippen molar-refractivity contribution in [1.82, 2.24) is 4.90 Å². The second-order valence-electron chi connectivity index (χ2n) is 7.68. The highest BCUT2D eigenvalue weighted by Crippen LogP contribution is 2.35. The van der Waals surface area contributed by atoms with Crippen LogP contribution in [0.1, 0.15) is 43.4 Å². The second kappa shape index (κ2) is 10.5. The molecule has 1 fully saturated rings. The van der Waals surface area contributed by atoms with Gasteiger partial charge in [-0.1, -0.05) is 26.0 Å². The van der Waals surface area contributed by atoms with Gasteiger partial charge >= 0.3 is 0 Å². The van der Waals surface area contributed by atoms with Gasteiger partial charge in [-0.05, 0) is 41.8 Å². The van der Waals surface area contributed by atoms with Crippen LogP contribution in [0.5, 0.6) is 17.2 Å².